The Hall–Kier alpha value is -3.62. The first-order valence-electron chi connectivity index (χ1n) is 10.2. The zero-order valence-corrected chi connectivity index (χ0v) is 17.2. The van der Waals surface area contributed by atoms with Crippen molar-refractivity contribution >= 4 is 22.6 Å². The molecule has 1 N–H and O–H groups in total. The van der Waals surface area contributed by atoms with Crippen molar-refractivity contribution in [1.82, 2.24) is 29.7 Å². The number of fused-ring (bicyclic) bond motifs is 2. The fraction of sp³-hybridized carbons (Fsp3) is 0.318. The predicted molar refractivity (Wildman–Crippen MR) is 113 cm³/mol. The number of hydrogen-bond donors (Lipinski definition) is 1. The molecular weight excluding hydrogens is 399 g/mol. The summed E-state index contributed by atoms with van der Waals surface area (Å²) in [6, 6.07) is 6.89. The number of nitrogens with zero attached hydrogens (tertiary/aromatic N) is 6. The van der Waals surface area contributed by atoms with Gasteiger partial charge in [0.2, 0.25) is 0 Å². The lowest BCUT2D eigenvalue weighted by molar-refractivity contribution is 0.131. The number of likely N-dealkylation sites (tertiary alicyclic amines) is 1. The van der Waals surface area contributed by atoms with E-state index in [0.717, 1.165) is 16.9 Å². The van der Waals surface area contributed by atoms with Crippen LogP contribution in [0.25, 0.3) is 27.8 Å². The van der Waals surface area contributed by atoms with Crippen LogP contribution in [0.5, 0.6) is 0 Å². The Labute approximate surface area is 177 Å². The standard InChI is InChI=1S/C22H21FN6O2/c1-12-7-19(27-29-11-13(2)24-21(12)29)15-8-17(23)16-10-18(25-26-20(16)9-15)14-3-5-28(6-4-14)22(30)31/h7-11,14H,3-6H2,1-2H3,(H,30,31). The second kappa shape index (κ2) is 7.26. The number of carboxylic acid groups (broad SMARTS) is 1. The van der Waals surface area contributed by atoms with Crippen molar-refractivity contribution in [3.8, 4) is 11.3 Å². The summed E-state index contributed by atoms with van der Waals surface area (Å²) in [4.78, 5) is 16.9. The van der Waals surface area contributed by atoms with E-state index in [1.54, 1.807) is 16.6 Å². The van der Waals surface area contributed by atoms with Gasteiger partial charge in [-0.2, -0.15) is 15.3 Å². The molecule has 0 aliphatic carbocycles. The summed E-state index contributed by atoms with van der Waals surface area (Å²) < 4.78 is 16.8. The first-order chi connectivity index (χ1) is 14.9. The third kappa shape index (κ3) is 3.45. The van der Waals surface area contributed by atoms with Crippen molar-refractivity contribution in [3.05, 3.63) is 53.2 Å². The maximum Gasteiger partial charge on any atom is 0.407 e. The van der Waals surface area contributed by atoms with Crippen LogP contribution < -0.4 is 0 Å². The average Bonchev–Trinajstić information content (AvgIpc) is 3.14. The maximum atomic E-state index is 15.1. The van der Waals surface area contributed by atoms with E-state index in [1.165, 1.54) is 11.0 Å². The van der Waals surface area contributed by atoms with E-state index in [4.69, 9.17) is 5.11 Å². The van der Waals surface area contributed by atoms with Crippen molar-refractivity contribution in [1.29, 1.82) is 0 Å². The van der Waals surface area contributed by atoms with Gasteiger partial charge in [-0.1, -0.05) is 0 Å². The molecule has 4 heterocycles. The monoisotopic (exact) mass is 420 g/mol. The first-order valence-corrected chi connectivity index (χ1v) is 10.2. The number of imidazole rings is 1. The summed E-state index contributed by atoms with van der Waals surface area (Å²) in [6.45, 7) is 4.75. The maximum absolute atomic E-state index is 15.1. The van der Waals surface area contributed by atoms with Crippen LogP contribution >= 0.6 is 0 Å². The molecule has 0 spiro atoms. The van der Waals surface area contributed by atoms with Crippen LogP contribution in [0.15, 0.2) is 30.5 Å². The van der Waals surface area contributed by atoms with Gasteiger partial charge in [0.05, 0.1) is 28.8 Å². The Morgan fingerprint density at radius 3 is 2.65 bits per heavy atom. The van der Waals surface area contributed by atoms with Crippen LogP contribution in [-0.2, 0) is 0 Å². The second-order valence-corrected chi connectivity index (χ2v) is 8.07. The summed E-state index contributed by atoms with van der Waals surface area (Å²) >= 11 is 0. The Balaban J connectivity index is 1.49. The third-order valence-corrected chi connectivity index (χ3v) is 5.88. The Kier molecular flexibility index (Phi) is 4.53. The van der Waals surface area contributed by atoms with Crippen molar-refractivity contribution in [2.24, 2.45) is 0 Å². The summed E-state index contributed by atoms with van der Waals surface area (Å²) in [6.07, 6.45) is 2.24. The molecule has 0 unspecified atom stereocenters. The van der Waals surface area contributed by atoms with Crippen LogP contribution in [0.1, 0.15) is 35.7 Å². The van der Waals surface area contributed by atoms with Crippen LogP contribution in [0, 0.1) is 19.7 Å². The quantitative estimate of drug-likeness (QED) is 0.527. The first kappa shape index (κ1) is 19.3. The number of benzene rings is 1. The molecule has 1 saturated heterocycles. The number of halogens is 1. The average molecular weight is 420 g/mol. The fourth-order valence-corrected chi connectivity index (χ4v) is 4.22. The third-order valence-electron chi connectivity index (χ3n) is 5.88. The van der Waals surface area contributed by atoms with Crippen molar-refractivity contribution in [2.45, 2.75) is 32.6 Å². The molecule has 1 amide bonds. The van der Waals surface area contributed by atoms with E-state index in [0.29, 0.717) is 53.8 Å². The normalized spacial score (nSPS) is 15.1. The van der Waals surface area contributed by atoms with Gasteiger partial charge in [-0.25, -0.2) is 18.7 Å². The molecule has 0 atom stereocenters. The molecule has 158 valence electrons. The highest BCUT2D eigenvalue weighted by Gasteiger charge is 2.25. The van der Waals surface area contributed by atoms with Crippen LogP contribution in [0.3, 0.4) is 0 Å². The van der Waals surface area contributed by atoms with Crippen LogP contribution in [-0.4, -0.2) is 54.0 Å². The molecule has 4 aromatic rings. The van der Waals surface area contributed by atoms with Crippen molar-refractivity contribution in [3.63, 3.8) is 0 Å². The molecule has 3 aromatic heterocycles. The van der Waals surface area contributed by atoms with Gasteiger partial charge in [0.15, 0.2) is 5.65 Å². The molecule has 1 fully saturated rings. The highest BCUT2D eigenvalue weighted by molar-refractivity contribution is 5.84. The van der Waals surface area contributed by atoms with E-state index in [1.807, 2.05) is 26.1 Å². The zero-order valence-electron chi connectivity index (χ0n) is 17.2. The molecule has 5 rings (SSSR count). The number of aryl methyl sites for hydroxylation is 2. The molecule has 0 bridgehead atoms. The number of amides is 1. The van der Waals surface area contributed by atoms with Gasteiger partial charge in [0.25, 0.3) is 0 Å². The van der Waals surface area contributed by atoms with Gasteiger partial charge in [-0.3, -0.25) is 0 Å². The largest absolute Gasteiger partial charge is 0.465 e. The molecule has 1 aliphatic heterocycles. The van der Waals surface area contributed by atoms with Gasteiger partial charge in [-0.15, -0.1) is 0 Å². The number of carbonyl (C=O) groups is 1. The van der Waals surface area contributed by atoms with Gasteiger partial charge in [-0.05, 0) is 56.5 Å². The smallest absolute Gasteiger partial charge is 0.407 e. The molecular formula is C22H21FN6O2. The summed E-state index contributed by atoms with van der Waals surface area (Å²) in [7, 11) is 0. The predicted octanol–water partition coefficient (Wildman–Crippen LogP) is 3.95. The lowest BCUT2D eigenvalue weighted by Crippen LogP contribution is -2.37. The van der Waals surface area contributed by atoms with E-state index < -0.39 is 6.09 Å². The fourth-order valence-electron chi connectivity index (χ4n) is 4.22. The van der Waals surface area contributed by atoms with E-state index in [-0.39, 0.29) is 11.7 Å². The Bertz CT molecular complexity index is 1330. The minimum absolute atomic E-state index is 0.0720. The van der Waals surface area contributed by atoms with E-state index >= 15 is 4.39 Å². The van der Waals surface area contributed by atoms with Gasteiger partial charge >= 0.3 is 6.09 Å². The summed E-state index contributed by atoms with van der Waals surface area (Å²) in [5.74, 6) is -0.309. The summed E-state index contributed by atoms with van der Waals surface area (Å²) in [5, 5.41) is 22.7. The van der Waals surface area contributed by atoms with Gasteiger partial charge in [0, 0.05) is 30.0 Å². The molecule has 31 heavy (non-hydrogen) atoms. The SMILES string of the molecule is Cc1cn2nc(-c3cc(F)c4cc(C5CCN(C(=O)O)CC5)nnc4c3)cc(C)c2n1. The Morgan fingerprint density at radius 1 is 1.13 bits per heavy atom. The van der Waals surface area contributed by atoms with E-state index in [2.05, 4.69) is 20.3 Å². The minimum atomic E-state index is -0.908. The van der Waals surface area contributed by atoms with Crippen LogP contribution in [0.4, 0.5) is 9.18 Å². The highest BCUT2D eigenvalue weighted by Crippen LogP contribution is 2.31. The van der Waals surface area contributed by atoms with Gasteiger partial charge in [0.1, 0.15) is 5.82 Å². The number of piperidine rings is 1. The molecule has 8 nitrogen and oxygen atoms in total. The molecule has 1 aliphatic rings. The number of aromatic nitrogens is 5. The minimum Gasteiger partial charge on any atom is -0.465 e. The van der Waals surface area contributed by atoms with Crippen molar-refractivity contribution in [2.75, 3.05) is 13.1 Å². The lowest BCUT2D eigenvalue weighted by Gasteiger charge is -2.29. The highest BCUT2D eigenvalue weighted by atomic mass is 19.1. The zero-order chi connectivity index (χ0) is 21.7. The van der Waals surface area contributed by atoms with E-state index in [9.17, 15) is 4.79 Å². The van der Waals surface area contributed by atoms with Gasteiger partial charge < -0.3 is 10.0 Å². The number of rotatable bonds is 2. The second-order valence-electron chi connectivity index (χ2n) is 8.07. The summed E-state index contributed by atoms with van der Waals surface area (Å²) in [5.41, 5.74) is 5.02. The Morgan fingerprint density at radius 2 is 1.90 bits per heavy atom. The molecule has 0 radical (unpaired) electrons. The molecule has 0 saturated carbocycles. The topological polar surface area (TPSA) is 96.5 Å². The molecule has 1 aromatic carbocycles. The van der Waals surface area contributed by atoms with Crippen molar-refractivity contribution < 1.29 is 14.3 Å². The molecule has 9 heteroatoms. The van der Waals surface area contributed by atoms with Crippen LogP contribution in [0.2, 0.25) is 0 Å². The lowest BCUT2D eigenvalue weighted by atomic mass is 9.92. The number of hydrogen-bond acceptors (Lipinski definition) is 5.